The summed E-state index contributed by atoms with van der Waals surface area (Å²) in [6.07, 6.45) is 7.50. The molecule has 25 heavy (non-hydrogen) atoms. The topological polar surface area (TPSA) is 68.0 Å². The van der Waals surface area contributed by atoms with Gasteiger partial charge in [-0.1, -0.05) is 6.08 Å². The fraction of sp³-hybridized carbons (Fsp3) is 0.632. The van der Waals surface area contributed by atoms with E-state index in [-0.39, 0.29) is 0 Å². The fourth-order valence-corrected chi connectivity index (χ4v) is 2.62. The average Bonchev–Trinajstić information content (AvgIpc) is 3.16. The lowest BCUT2D eigenvalue weighted by atomic mass is 10.0. The molecule has 6 nitrogen and oxygen atoms in total. The Hall–Kier alpha value is -1.79. The van der Waals surface area contributed by atoms with Gasteiger partial charge in [-0.05, 0) is 37.3 Å². The number of aliphatic imine (C=N–C) groups is 1. The Morgan fingerprint density at radius 2 is 2.24 bits per heavy atom. The van der Waals surface area contributed by atoms with Gasteiger partial charge in [-0.15, -0.1) is 6.58 Å². The predicted molar refractivity (Wildman–Crippen MR) is 99.9 cm³/mol. The second kappa shape index (κ2) is 12.6. The van der Waals surface area contributed by atoms with E-state index in [9.17, 15) is 0 Å². The third-order valence-electron chi connectivity index (χ3n) is 4.07. The summed E-state index contributed by atoms with van der Waals surface area (Å²) in [7, 11) is 0. The molecule has 0 spiro atoms. The summed E-state index contributed by atoms with van der Waals surface area (Å²) in [5.74, 6) is 2.43. The van der Waals surface area contributed by atoms with E-state index >= 15 is 0 Å². The monoisotopic (exact) mass is 349 g/mol. The van der Waals surface area contributed by atoms with Gasteiger partial charge >= 0.3 is 0 Å². The van der Waals surface area contributed by atoms with Crippen LogP contribution in [0.3, 0.4) is 0 Å². The second-order valence-corrected chi connectivity index (χ2v) is 6.14. The van der Waals surface area contributed by atoms with Crippen LogP contribution in [0, 0.1) is 5.92 Å². The van der Waals surface area contributed by atoms with Crippen LogP contribution < -0.4 is 10.6 Å². The van der Waals surface area contributed by atoms with Gasteiger partial charge in [-0.3, -0.25) is 4.99 Å². The normalized spacial score (nSPS) is 15.9. The first-order valence-corrected chi connectivity index (χ1v) is 9.19. The molecule has 0 unspecified atom stereocenters. The predicted octanol–water partition coefficient (Wildman–Crippen LogP) is 2.38. The standard InChI is InChI=1S/C19H31N3O3/c1-2-9-20-19(22-11-6-18-5-3-13-25-18)21-10-4-12-24-16-17-7-14-23-15-8-17/h2-3,5,13,17H,1,4,6-12,14-16H2,(H2,20,21,22). The first-order valence-electron chi connectivity index (χ1n) is 9.19. The summed E-state index contributed by atoms with van der Waals surface area (Å²) in [4.78, 5) is 4.58. The highest BCUT2D eigenvalue weighted by molar-refractivity contribution is 5.79. The molecule has 0 aromatic carbocycles. The lowest BCUT2D eigenvalue weighted by molar-refractivity contribution is 0.0205. The highest BCUT2D eigenvalue weighted by Gasteiger charge is 2.13. The van der Waals surface area contributed by atoms with Crippen LogP contribution in [0.2, 0.25) is 0 Å². The maximum absolute atomic E-state index is 5.77. The molecule has 1 aliphatic heterocycles. The quantitative estimate of drug-likeness (QED) is 0.278. The minimum Gasteiger partial charge on any atom is -0.469 e. The molecular formula is C19H31N3O3. The van der Waals surface area contributed by atoms with Crippen molar-refractivity contribution in [3.05, 3.63) is 36.8 Å². The molecule has 1 saturated heterocycles. The van der Waals surface area contributed by atoms with Gasteiger partial charge in [-0.25, -0.2) is 0 Å². The molecule has 1 aliphatic rings. The van der Waals surface area contributed by atoms with E-state index < -0.39 is 0 Å². The first-order chi connectivity index (χ1) is 12.4. The molecule has 0 aliphatic carbocycles. The summed E-state index contributed by atoms with van der Waals surface area (Å²) < 4.78 is 16.5. The average molecular weight is 349 g/mol. The number of nitrogens with zero attached hydrogens (tertiary/aromatic N) is 1. The molecule has 1 aromatic heterocycles. The lowest BCUT2D eigenvalue weighted by Gasteiger charge is -2.21. The Morgan fingerprint density at radius 1 is 1.36 bits per heavy atom. The van der Waals surface area contributed by atoms with Gasteiger partial charge in [0.2, 0.25) is 0 Å². The molecule has 1 fully saturated rings. The van der Waals surface area contributed by atoms with Crippen molar-refractivity contribution in [3.63, 3.8) is 0 Å². The Labute approximate surface area is 150 Å². The van der Waals surface area contributed by atoms with Gasteiger partial charge in [0.05, 0.1) is 6.26 Å². The van der Waals surface area contributed by atoms with Crippen LogP contribution in [-0.2, 0) is 15.9 Å². The van der Waals surface area contributed by atoms with E-state index in [1.165, 1.54) is 0 Å². The van der Waals surface area contributed by atoms with Crippen LogP contribution >= 0.6 is 0 Å². The Morgan fingerprint density at radius 3 is 3.00 bits per heavy atom. The third kappa shape index (κ3) is 8.74. The molecule has 1 aromatic rings. The number of hydrogen-bond donors (Lipinski definition) is 2. The molecule has 140 valence electrons. The van der Waals surface area contributed by atoms with Gasteiger partial charge in [0.1, 0.15) is 5.76 Å². The smallest absolute Gasteiger partial charge is 0.191 e. The highest BCUT2D eigenvalue weighted by atomic mass is 16.5. The summed E-state index contributed by atoms with van der Waals surface area (Å²) >= 11 is 0. The Bertz CT molecular complexity index is 482. The van der Waals surface area contributed by atoms with Crippen LogP contribution in [0.15, 0.2) is 40.5 Å². The largest absolute Gasteiger partial charge is 0.469 e. The van der Waals surface area contributed by atoms with E-state index in [2.05, 4.69) is 22.2 Å². The minimum absolute atomic E-state index is 0.658. The molecule has 0 radical (unpaired) electrons. The molecule has 0 bridgehead atoms. The zero-order valence-corrected chi connectivity index (χ0v) is 15.0. The first kappa shape index (κ1) is 19.5. The van der Waals surface area contributed by atoms with E-state index in [4.69, 9.17) is 13.9 Å². The summed E-state index contributed by atoms with van der Waals surface area (Å²) in [5, 5.41) is 6.54. The summed E-state index contributed by atoms with van der Waals surface area (Å²) in [5.41, 5.74) is 0. The number of ether oxygens (including phenoxy) is 2. The van der Waals surface area contributed by atoms with Gasteiger partial charge in [-0.2, -0.15) is 0 Å². The number of furan rings is 1. The third-order valence-corrected chi connectivity index (χ3v) is 4.07. The van der Waals surface area contributed by atoms with Crippen LogP contribution in [0.4, 0.5) is 0 Å². The van der Waals surface area contributed by atoms with Gasteiger partial charge in [0, 0.05) is 52.5 Å². The Balaban J connectivity index is 1.58. The number of nitrogens with one attached hydrogen (secondary N) is 2. The number of hydrogen-bond acceptors (Lipinski definition) is 4. The van der Waals surface area contributed by atoms with Gasteiger partial charge in [0.15, 0.2) is 5.96 Å². The zero-order chi connectivity index (χ0) is 17.6. The molecule has 2 N–H and O–H groups in total. The molecule has 2 rings (SSSR count). The van der Waals surface area contributed by atoms with Crippen LogP contribution in [0.25, 0.3) is 0 Å². The maximum Gasteiger partial charge on any atom is 0.191 e. The van der Waals surface area contributed by atoms with Gasteiger partial charge in [0.25, 0.3) is 0 Å². The van der Waals surface area contributed by atoms with Crippen LogP contribution in [0.1, 0.15) is 25.0 Å². The fourth-order valence-electron chi connectivity index (χ4n) is 2.62. The van der Waals surface area contributed by atoms with E-state index in [1.54, 1.807) is 6.26 Å². The van der Waals surface area contributed by atoms with Crippen molar-refractivity contribution in [3.8, 4) is 0 Å². The van der Waals surface area contributed by atoms with E-state index in [1.807, 2.05) is 18.2 Å². The van der Waals surface area contributed by atoms with Crippen LogP contribution in [0.5, 0.6) is 0 Å². The SMILES string of the molecule is C=CCNC(=NCCCOCC1CCOCC1)NCCc1ccco1. The maximum atomic E-state index is 5.77. The molecule has 6 heteroatoms. The van der Waals surface area contributed by atoms with E-state index in [0.29, 0.717) is 12.5 Å². The van der Waals surface area contributed by atoms with Crippen molar-refractivity contribution in [1.82, 2.24) is 10.6 Å². The van der Waals surface area contributed by atoms with Crippen molar-refractivity contribution >= 4 is 5.96 Å². The number of rotatable bonds is 11. The highest BCUT2D eigenvalue weighted by Crippen LogP contribution is 2.14. The van der Waals surface area contributed by atoms with E-state index in [0.717, 1.165) is 76.9 Å². The van der Waals surface area contributed by atoms with Crippen molar-refractivity contribution in [2.45, 2.75) is 25.7 Å². The van der Waals surface area contributed by atoms with Crippen molar-refractivity contribution < 1.29 is 13.9 Å². The summed E-state index contributed by atoms with van der Waals surface area (Å²) in [6, 6.07) is 3.88. The van der Waals surface area contributed by atoms with Gasteiger partial charge < -0.3 is 24.5 Å². The number of guanidine groups is 1. The van der Waals surface area contributed by atoms with Crippen molar-refractivity contribution in [2.24, 2.45) is 10.9 Å². The lowest BCUT2D eigenvalue weighted by Crippen LogP contribution is -2.38. The Kier molecular flexibility index (Phi) is 9.81. The van der Waals surface area contributed by atoms with Crippen molar-refractivity contribution in [1.29, 1.82) is 0 Å². The molecule has 0 amide bonds. The molecular weight excluding hydrogens is 318 g/mol. The summed E-state index contributed by atoms with van der Waals surface area (Å²) in [6.45, 7) is 9.27. The second-order valence-electron chi connectivity index (χ2n) is 6.14. The van der Waals surface area contributed by atoms with Crippen molar-refractivity contribution in [2.75, 3.05) is 46.1 Å². The molecule has 2 heterocycles. The zero-order valence-electron chi connectivity index (χ0n) is 15.0. The van der Waals surface area contributed by atoms with Crippen LogP contribution in [-0.4, -0.2) is 52.0 Å². The minimum atomic E-state index is 0.658. The molecule has 0 saturated carbocycles. The molecule has 0 atom stereocenters.